The van der Waals surface area contributed by atoms with Crippen LogP contribution in [0.2, 0.25) is 0 Å². The molecule has 29 heavy (non-hydrogen) atoms. The molecule has 0 saturated carbocycles. The van der Waals surface area contributed by atoms with E-state index in [9.17, 15) is 10.0 Å². The maximum atomic E-state index is 9.94. The normalized spacial score (nSPS) is 10.9. The van der Waals surface area contributed by atoms with Gasteiger partial charge in [0.2, 0.25) is 0 Å². The summed E-state index contributed by atoms with van der Waals surface area (Å²) in [6, 6.07) is 0. The predicted octanol–water partition coefficient (Wildman–Crippen LogP) is 0.439. The van der Waals surface area contributed by atoms with E-state index >= 15 is 0 Å². The molecule has 176 valence electrons. The molecule has 0 aromatic carbocycles. The third-order valence-corrected chi connectivity index (χ3v) is 3.94. The van der Waals surface area contributed by atoms with Crippen molar-refractivity contribution in [1.29, 1.82) is 0 Å². The van der Waals surface area contributed by atoms with Crippen LogP contribution in [0.5, 0.6) is 0 Å². The third kappa shape index (κ3) is 30.0. The fraction of sp³-hybridized carbons (Fsp3) is 1.00. The van der Waals surface area contributed by atoms with Gasteiger partial charge in [-0.1, -0.05) is 40.0 Å². The van der Waals surface area contributed by atoms with Crippen molar-refractivity contribution in [3.63, 3.8) is 0 Å². The Bertz CT molecular complexity index is 282. The number of aliphatic hydroxyl groups excluding tert-OH is 1. The van der Waals surface area contributed by atoms with Crippen molar-refractivity contribution in [3.05, 3.63) is 0 Å². The number of hydrogen-bond acceptors (Lipinski definition) is 8. The van der Waals surface area contributed by atoms with Crippen LogP contribution in [0.3, 0.4) is 0 Å². The van der Waals surface area contributed by atoms with E-state index in [1.54, 1.807) is 0 Å². The first kappa shape index (κ1) is 30.9. The van der Waals surface area contributed by atoms with Gasteiger partial charge in [-0.05, 0) is 32.4 Å². The Balaban J connectivity index is 0. The van der Waals surface area contributed by atoms with E-state index in [1.807, 2.05) is 0 Å². The molecule has 0 heterocycles. The molecular formula is C20H44BNO7-2. The molecule has 0 aliphatic heterocycles. The molecule has 1 N–H and O–H groups in total. The van der Waals surface area contributed by atoms with Crippen LogP contribution in [-0.4, -0.2) is 89.8 Å². The zero-order chi connectivity index (χ0) is 22.0. The van der Waals surface area contributed by atoms with Gasteiger partial charge >= 0.3 is 0 Å². The Hall–Kier alpha value is -0.255. The summed E-state index contributed by atoms with van der Waals surface area (Å²) in [7, 11) is -2.23. The average molecular weight is 421 g/mol. The van der Waals surface area contributed by atoms with Crippen LogP contribution in [0, 0.1) is 0 Å². The molecular weight excluding hydrogens is 377 g/mol. The molecule has 0 spiro atoms. The molecule has 8 nitrogen and oxygen atoms in total. The maximum absolute atomic E-state index is 9.94. The van der Waals surface area contributed by atoms with Crippen molar-refractivity contribution in [1.82, 2.24) is 4.90 Å². The van der Waals surface area contributed by atoms with E-state index in [0.717, 1.165) is 39.1 Å². The zero-order valence-corrected chi connectivity index (χ0v) is 18.9. The number of rotatable bonds is 21. The second-order valence-corrected chi connectivity index (χ2v) is 6.62. The quantitative estimate of drug-likeness (QED) is 0.210. The Labute approximate surface area is 178 Å². The Kier molecular flexibility index (Phi) is 29.6. The smallest absolute Gasteiger partial charge is 0.0701 e. The van der Waals surface area contributed by atoms with E-state index in [4.69, 9.17) is 19.3 Å². The van der Waals surface area contributed by atoms with E-state index in [2.05, 4.69) is 30.3 Å². The highest BCUT2D eigenvalue weighted by Crippen LogP contribution is 1.98. The molecule has 0 amide bonds. The number of aliphatic hydroxyl groups is 1. The van der Waals surface area contributed by atoms with Crippen LogP contribution in [0.4, 0.5) is 0 Å². The number of ether oxygens (including phenoxy) is 3. The Morgan fingerprint density at radius 3 is 1.52 bits per heavy atom. The van der Waals surface area contributed by atoms with Gasteiger partial charge in [0.15, 0.2) is 0 Å². The largest absolute Gasteiger partial charge is 0.871 e. The summed E-state index contributed by atoms with van der Waals surface area (Å²) in [5.41, 5.74) is 0. The van der Waals surface area contributed by atoms with Crippen molar-refractivity contribution in [2.45, 2.75) is 59.3 Å². The van der Waals surface area contributed by atoms with Crippen LogP contribution < -0.4 is 10.0 Å². The molecule has 9 heteroatoms. The van der Waals surface area contributed by atoms with E-state index in [1.165, 1.54) is 25.7 Å². The minimum atomic E-state index is -2.23. The summed E-state index contributed by atoms with van der Waals surface area (Å²) in [6.07, 6.45) is 7.20. The highest BCUT2D eigenvalue weighted by molar-refractivity contribution is 6.28. The molecule has 0 rings (SSSR count). The first-order chi connectivity index (χ1) is 14.1. The summed E-state index contributed by atoms with van der Waals surface area (Å²) in [6.45, 7) is 13.0. The standard InChI is InChI=1S/C10H21BO6.C10H23NO/c1-2-3-4-14-5-6-15-7-8-16-9-10-17-11(12)13;1-3-5-7-11(9-10-12)8-6-4-2/h2-10H2,1H3;12H,3-10H2,1-2H3/q-2;. The van der Waals surface area contributed by atoms with Crippen LogP contribution in [0.15, 0.2) is 0 Å². The minimum absolute atomic E-state index is 0.0256. The van der Waals surface area contributed by atoms with Crippen molar-refractivity contribution in [2.75, 3.05) is 72.5 Å². The molecule has 0 saturated heterocycles. The van der Waals surface area contributed by atoms with Crippen LogP contribution >= 0.6 is 0 Å². The monoisotopic (exact) mass is 421 g/mol. The molecule has 0 atom stereocenters. The highest BCUT2D eigenvalue weighted by Gasteiger charge is 2.01. The lowest BCUT2D eigenvalue weighted by molar-refractivity contribution is -0.382. The predicted molar refractivity (Wildman–Crippen MR) is 112 cm³/mol. The maximum Gasteiger partial charge on any atom is 0.0701 e. The number of unbranched alkanes of at least 4 members (excludes halogenated alkanes) is 3. The van der Waals surface area contributed by atoms with E-state index in [0.29, 0.717) is 33.0 Å². The fourth-order valence-electron chi connectivity index (χ4n) is 2.23. The van der Waals surface area contributed by atoms with Crippen LogP contribution in [0.25, 0.3) is 0 Å². The second-order valence-electron chi connectivity index (χ2n) is 6.62. The number of hydrogen-bond donors (Lipinski definition) is 1. The topological polar surface area (TPSA) is 107 Å². The fourth-order valence-corrected chi connectivity index (χ4v) is 2.23. The van der Waals surface area contributed by atoms with Gasteiger partial charge in [0.25, 0.3) is 0 Å². The molecule has 0 aromatic heterocycles. The summed E-state index contributed by atoms with van der Waals surface area (Å²) >= 11 is 0. The molecule has 0 bridgehead atoms. The molecule has 0 aromatic rings. The lowest BCUT2D eigenvalue weighted by Crippen LogP contribution is -2.48. The van der Waals surface area contributed by atoms with Gasteiger partial charge in [-0.25, -0.2) is 0 Å². The van der Waals surface area contributed by atoms with Crippen molar-refractivity contribution < 1.29 is 34.0 Å². The van der Waals surface area contributed by atoms with Crippen LogP contribution in [0.1, 0.15) is 59.3 Å². The molecule has 0 aliphatic rings. The second kappa shape index (κ2) is 27.7. The molecule has 0 unspecified atom stereocenters. The van der Waals surface area contributed by atoms with E-state index in [-0.39, 0.29) is 13.2 Å². The lowest BCUT2D eigenvalue weighted by atomic mass is 10.2. The van der Waals surface area contributed by atoms with Crippen molar-refractivity contribution in [3.8, 4) is 0 Å². The molecule has 0 fully saturated rings. The lowest BCUT2D eigenvalue weighted by Gasteiger charge is -2.25. The first-order valence-corrected chi connectivity index (χ1v) is 11.1. The highest BCUT2D eigenvalue weighted by atomic mass is 16.6. The van der Waals surface area contributed by atoms with Gasteiger partial charge in [0, 0.05) is 19.8 Å². The Morgan fingerprint density at radius 1 is 0.655 bits per heavy atom. The van der Waals surface area contributed by atoms with Gasteiger partial charge < -0.3 is 38.9 Å². The van der Waals surface area contributed by atoms with Gasteiger partial charge in [-0.15, -0.1) is 0 Å². The van der Waals surface area contributed by atoms with Crippen LogP contribution in [-0.2, 0) is 18.9 Å². The minimum Gasteiger partial charge on any atom is -0.871 e. The van der Waals surface area contributed by atoms with Crippen molar-refractivity contribution >= 4 is 7.32 Å². The summed E-state index contributed by atoms with van der Waals surface area (Å²) in [4.78, 5) is 2.35. The molecule has 0 radical (unpaired) electrons. The zero-order valence-electron chi connectivity index (χ0n) is 18.9. The van der Waals surface area contributed by atoms with Gasteiger partial charge in [-0.3, -0.25) is 0 Å². The van der Waals surface area contributed by atoms with Crippen molar-refractivity contribution in [2.24, 2.45) is 0 Å². The average Bonchev–Trinajstić information content (AvgIpc) is 2.71. The SMILES string of the molecule is CCCCN(CCO)CCCC.CCCCOCCOCCOCCOB([O-])[O-]. The summed E-state index contributed by atoms with van der Waals surface area (Å²) < 4.78 is 19.8. The van der Waals surface area contributed by atoms with Gasteiger partial charge in [0.05, 0.1) is 47.0 Å². The number of nitrogens with zero attached hydrogens (tertiary/aromatic N) is 1. The van der Waals surface area contributed by atoms with E-state index < -0.39 is 7.32 Å². The Morgan fingerprint density at radius 2 is 1.10 bits per heavy atom. The third-order valence-electron chi connectivity index (χ3n) is 3.94. The summed E-state index contributed by atoms with van der Waals surface area (Å²) in [5.74, 6) is 0. The van der Waals surface area contributed by atoms with Gasteiger partial charge in [-0.2, -0.15) is 0 Å². The first-order valence-electron chi connectivity index (χ1n) is 11.1. The van der Waals surface area contributed by atoms with Gasteiger partial charge in [0.1, 0.15) is 0 Å². The molecule has 0 aliphatic carbocycles. The summed E-state index contributed by atoms with van der Waals surface area (Å²) in [5, 5.41) is 28.7.